The number of carbonyl (C=O) groups is 2. The number of halogens is 3. The third kappa shape index (κ3) is 6.78. The average molecular weight is 776 g/mol. The number of anilines is 1. The highest BCUT2D eigenvalue weighted by atomic mass is 35.5. The van der Waals surface area contributed by atoms with Gasteiger partial charge in [0.15, 0.2) is 10.8 Å². The Bertz CT molecular complexity index is 2290. The van der Waals surface area contributed by atoms with E-state index in [4.69, 9.17) is 21.3 Å². The second-order valence-electron chi connectivity index (χ2n) is 13.7. The van der Waals surface area contributed by atoms with Crippen LogP contribution < -0.4 is 15.8 Å². The summed E-state index contributed by atoms with van der Waals surface area (Å²) < 4.78 is 35.9. The number of urea groups is 1. The van der Waals surface area contributed by atoms with E-state index in [0.717, 1.165) is 4.57 Å². The first kappa shape index (κ1) is 37.0. The van der Waals surface area contributed by atoms with Gasteiger partial charge in [-0.2, -0.15) is 0 Å². The van der Waals surface area contributed by atoms with Crippen LogP contribution >= 0.6 is 22.9 Å². The summed E-state index contributed by atoms with van der Waals surface area (Å²) in [7, 11) is 1.27. The molecule has 2 fully saturated rings. The number of hydrogen-bond donors (Lipinski definition) is 2. The highest BCUT2D eigenvalue weighted by Crippen LogP contribution is 2.37. The average Bonchev–Trinajstić information content (AvgIpc) is 3.80. The number of aliphatic hydroxyl groups is 1. The number of esters is 1. The van der Waals surface area contributed by atoms with Crippen LogP contribution in [-0.2, 0) is 14.9 Å². The first-order valence-electron chi connectivity index (χ1n) is 17.0. The number of methoxy groups -OCH3 is 1. The number of fused-ring (bicyclic) bond motifs is 1. The smallest absolute Gasteiger partial charge is 0.338 e. The van der Waals surface area contributed by atoms with E-state index in [0.29, 0.717) is 53.0 Å². The van der Waals surface area contributed by atoms with E-state index in [2.05, 4.69) is 21.8 Å². The lowest BCUT2D eigenvalue weighted by atomic mass is 9.83. The molecule has 2 atom stereocenters. The van der Waals surface area contributed by atoms with Crippen molar-refractivity contribution >= 4 is 46.5 Å². The van der Waals surface area contributed by atoms with Crippen molar-refractivity contribution in [3.8, 4) is 5.69 Å². The Kier molecular flexibility index (Phi) is 9.89. The van der Waals surface area contributed by atoms with Gasteiger partial charge in [-0.05, 0) is 49.7 Å². The number of nitrogens with zero attached hydrogens (tertiary/aromatic N) is 6. The summed E-state index contributed by atoms with van der Waals surface area (Å²) in [4.78, 5) is 54.8. The molecular weight excluding hydrogens is 740 g/mol. The van der Waals surface area contributed by atoms with Gasteiger partial charge in [-0.3, -0.25) is 24.2 Å². The number of pyridine rings is 1. The lowest BCUT2D eigenvalue weighted by Gasteiger charge is -2.38. The first-order valence-corrected chi connectivity index (χ1v) is 18.3. The van der Waals surface area contributed by atoms with Crippen LogP contribution in [0.2, 0.25) is 5.02 Å². The normalized spacial score (nSPS) is 19.1. The summed E-state index contributed by atoms with van der Waals surface area (Å²) in [6.45, 7) is 8.84. The van der Waals surface area contributed by atoms with Crippen molar-refractivity contribution in [1.82, 2.24) is 24.7 Å². The minimum atomic E-state index is -0.914. The van der Waals surface area contributed by atoms with Crippen LogP contribution in [0.1, 0.15) is 36.0 Å². The zero-order chi connectivity index (χ0) is 38.5. The fraction of sp³-hybridized carbons (Fsp3) is 0.289. The van der Waals surface area contributed by atoms with Crippen molar-refractivity contribution in [3.05, 3.63) is 133 Å². The number of thiazole rings is 1. The summed E-state index contributed by atoms with van der Waals surface area (Å²) >= 11 is 7.86. The third-order valence-corrected chi connectivity index (χ3v) is 11.2. The van der Waals surface area contributed by atoms with Crippen LogP contribution in [-0.4, -0.2) is 88.2 Å². The highest BCUT2D eigenvalue weighted by Gasteiger charge is 2.42. The maximum absolute atomic E-state index is 15.5. The molecule has 5 heterocycles. The maximum atomic E-state index is 15.5. The molecule has 16 heteroatoms. The summed E-state index contributed by atoms with van der Waals surface area (Å²) in [5.41, 5.74) is 0.645. The molecular formula is C38H36ClF2N7O5S. The number of rotatable bonds is 9. The number of benzene rings is 2. The Hall–Kier alpha value is -5.38. The number of ether oxygens (including phenoxy) is 1. The maximum Gasteiger partial charge on any atom is 0.338 e. The van der Waals surface area contributed by atoms with E-state index in [1.54, 1.807) is 41.3 Å². The molecule has 3 aliphatic heterocycles. The zero-order valence-electron chi connectivity index (χ0n) is 29.6. The molecule has 12 nitrogen and oxygen atoms in total. The van der Waals surface area contributed by atoms with E-state index in [1.807, 2.05) is 0 Å². The number of amidine groups is 1. The minimum Gasteiger partial charge on any atom is -0.512 e. The second kappa shape index (κ2) is 14.5. The van der Waals surface area contributed by atoms with Crippen molar-refractivity contribution in [2.24, 2.45) is 4.99 Å². The molecule has 2 aromatic heterocycles. The van der Waals surface area contributed by atoms with Crippen LogP contribution in [0.5, 0.6) is 0 Å². The molecule has 0 saturated carbocycles. The molecule has 0 aliphatic carbocycles. The molecule has 3 aliphatic rings. The van der Waals surface area contributed by atoms with Gasteiger partial charge in [0, 0.05) is 78.3 Å². The molecule has 2 N–H and O–H groups in total. The molecule has 0 unspecified atom stereocenters. The van der Waals surface area contributed by atoms with Crippen LogP contribution in [0.15, 0.2) is 99.7 Å². The molecule has 0 radical (unpaired) electrons. The van der Waals surface area contributed by atoms with Gasteiger partial charge in [-0.25, -0.2) is 23.4 Å². The zero-order valence-corrected chi connectivity index (χ0v) is 31.1. The van der Waals surface area contributed by atoms with Crippen LogP contribution in [0.25, 0.3) is 5.69 Å². The topological polar surface area (TPSA) is 133 Å². The van der Waals surface area contributed by atoms with E-state index in [1.165, 1.54) is 67.1 Å². The van der Waals surface area contributed by atoms with Gasteiger partial charge in [0.1, 0.15) is 17.7 Å². The lowest BCUT2D eigenvalue weighted by Crippen LogP contribution is -2.53. The largest absolute Gasteiger partial charge is 0.512 e. The standard InChI is InChI=1S/C38H36ClF2N7O5S/c1-21(49)38(2,3)22-5-9-30(28(41)15-22)48-18-24(7-10-31(48)50)47-19-25-17-45(12-13-46(25)37(47)52)20-29-32(36(51)53-4)33(26-8-6-23(40)16-27(26)39)44-34(43-29)35-42-11-14-54-35/h5-11,14-16,18,25,33,49H,1,12-13,17,19-20H2,2-4H3,(H,43,44)/t25-,33-/m0/s1. The summed E-state index contributed by atoms with van der Waals surface area (Å²) in [5.74, 6) is -1.54. The van der Waals surface area contributed by atoms with Crippen molar-refractivity contribution in [3.63, 3.8) is 0 Å². The molecule has 4 aromatic rings. The van der Waals surface area contributed by atoms with Crippen molar-refractivity contribution in [2.45, 2.75) is 31.3 Å². The van der Waals surface area contributed by atoms with Gasteiger partial charge < -0.3 is 20.1 Å². The van der Waals surface area contributed by atoms with Crippen molar-refractivity contribution in [2.75, 3.05) is 44.7 Å². The number of allylic oxidation sites excluding steroid dienone is 1. The van der Waals surface area contributed by atoms with Gasteiger partial charge in [0.05, 0.1) is 35.9 Å². The Morgan fingerprint density at radius 2 is 1.93 bits per heavy atom. The minimum absolute atomic E-state index is 0.00366. The predicted molar refractivity (Wildman–Crippen MR) is 201 cm³/mol. The molecule has 0 spiro atoms. The molecule has 2 aromatic carbocycles. The summed E-state index contributed by atoms with van der Waals surface area (Å²) in [6.07, 6.45) is 3.09. The van der Waals surface area contributed by atoms with E-state index >= 15 is 4.39 Å². The number of nitrogens with one attached hydrogen (secondary N) is 1. The predicted octanol–water partition coefficient (Wildman–Crippen LogP) is 5.72. The molecule has 280 valence electrons. The van der Waals surface area contributed by atoms with Gasteiger partial charge in [-0.1, -0.05) is 30.3 Å². The van der Waals surface area contributed by atoms with Crippen LogP contribution in [0, 0.1) is 11.6 Å². The van der Waals surface area contributed by atoms with Gasteiger partial charge in [0.25, 0.3) is 5.56 Å². The Balaban J connectivity index is 1.15. The van der Waals surface area contributed by atoms with Crippen molar-refractivity contribution in [1.29, 1.82) is 0 Å². The molecule has 0 bridgehead atoms. The Morgan fingerprint density at radius 1 is 1.13 bits per heavy atom. The highest BCUT2D eigenvalue weighted by molar-refractivity contribution is 7.11. The van der Waals surface area contributed by atoms with E-state index < -0.39 is 34.6 Å². The fourth-order valence-corrected chi connectivity index (χ4v) is 7.76. The van der Waals surface area contributed by atoms with Crippen LogP contribution in [0.3, 0.4) is 0 Å². The number of aromatic nitrogens is 2. The van der Waals surface area contributed by atoms with Gasteiger partial charge >= 0.3 is 12.0 Å². The number of piperazine rings is 1. The second-order valence-corrected chi connectivity index (χ2v) is 15.0. The first-order chi connectivity index (χ1) is 25.8. The van der Waals surface area contributed by atoms with Gasteiger partial charge in [0.2, 0.25) is 0 Å². The quantitative estimate of drug-likeness (QED) is 0.163. The SMILES string of the molecule is C=C(O)C(C)(C)c1ccc(-n2cc(N3C[C@@H]4CN(CC5=C(C(=O)OC)[C@H](c6ccc(F)cc6Cl)N=C(c6nccs6)N5)CCN4C3=O)ccc2=O)c(F)c1. The summed E-state index contributed by atoms with van der Waals surface area (Å²) in [6, 6.07) is 9.68. The van der Waals surface area contributed by atoms with Crippen LogP contribution in [0.4, 0.5) is 19.3 Å². The Labute approximate surface area is 318 Å². The van der Waals surface area contributed by atoms with E-state index in [-0.39, 0.29) is 47.2 Å². The molecule has 2 amide bonds. The monoisotopic (exact) mass is 775 g/mol. The number of carbonyl (C=O) groups excluding carboxylic acids is 2. The number of aliphatic imine (C=N–C) groups is 1. The summed E-state index contributed by atoms with van der Waals surface area (Å²) in [5, 5.41) is 15.8. The van der Waals surface area contributed by atoms with Crippen molar-refractivity contribution < 1.29 is 28.2 Å². The molecule has 7 rings (SSSR count). The number of hydrogen-bond acceptors (Lipinski definition) is 10. The van der Waals surface area contributed by atoms with Gasteiger partial charge in [-0.15, -0.1) is 11.3 Å². The lowest BCUT2D eigenvalue weighted by molar-refractivity contribution is -0.136. The number of aliphatic hydroxyl groups excluding tert-OH is 1. The number of amides is 2. The molecule has 54 heavy (non-hydrogen) atoms. The molecule has 2 saturated heterocycles. The van der Waals surface area contributed by atoms with E-state index in [9.17, 15) is 23.9 Å². The Morgan fingerprint density at radius 3 is 2.61 bits per heavy atom. The fourth-order valence-electron chi connectivity index (χ4n) is 6.90. The third-order valence-electron chi connectivity index (χ3n) is 10.1.